The van der Waals surface area contributed by atoms with Gasteiger partial charge in [0.1, 0.15) is 12.6 Å². The molecule has 2 aromatic carbocycles. The van der Waals surface area contributed by atoms with Crippen molar-refractivity contribution in [2.24, 2.45) is 0 Å². The second-order valence-electron chi connectivity index (χ2n) is 6.86. The number of methoxy groups -OCH3 is 1. The third-order valence-electron chi connectivity index (χ3n) is 4.66. The maximum Gasteiger partial charge on any atom is 0.335 e. The molecule has 2 aromatic rings. The van der Waals surface area contributed by atoms with Crippen molar-refractivity contribution in [2.75, 3.05) is 7.11 Å². The van der Waals surface area contributed by atoms with Crippen LogP contribution in [0.15, 0.2) is 41.3 Å². The lowest BCUT2D eigenvalue weighted by Crippen LogP contribution is -2.42. The summed E-state index contributed by atoms with van der Waals surface area (Å²) in [5.41, 5.74) is 1.33. The lowest BCUT2D eigenvalue weighted by Gasteiger charge is -2.18. The number of imide groups is 1. The summed E-state index contributed by atoms with van der Waals surface area (Å²) in [6.45, 7) is 1.50. The molecule has 33 heavy (non-hydrogen) atoms. The number of halogens is 2. The highest BCUT2D eigenvalue weighted by molar-refractivity contribution is 8.18. The van der Waals surface area contributed by atoms with Gasteiger partial charge in [0.2, 0.25) is 0 Å². The summed E-state index contributed by atoms with van der Waals surface area (Å²) in [6.07, 6.45) is 1.45. The van der Waals surface area contributed by atoms with E-state index in [2.05, 4.69) is 4.74 Å². The number of ether oxygens (including phenoxy) is 2. The third-order valence-corrected chi connectivity index (χ3v) is 6.10. The zero-order chi connectivity index (χ0) is 24.3. The van der Waals surface area contributed by atoms with Gasteiger partial charge in [-0.2, -0.15) is 0 Å². The van der Waals surface area contributed by atoms with Crippen LogP contribution in [0.2, 0.25) is 10.0 Å². The summed E-state index contributed by atoms with van der Waals surface area (Å²) >= 11 is 13.3. The quantitative estimate of drug-likeness (QED) is 0.415. The van der Waals surface area contributed by atoms with Crippen molar-refractivity contribution in [3.63, 3.8) is 0 Å². The minimum Gasteiger partial charge on any atom is -0.486 e. The van der Waals surface area contributed by atoms with E-state index >= 15 is 0 Å². The maximum atomic E-state index is 12.6. The Labute approximate surface area is 203 Å². The van der Waals surface area contributed by atoms with Crippen LogP contribution in [0.5, 0.6) is 5.75 Å². The number of hydrogen-bond donors (Lipinski definition) is 1. The summed E-state index contributed by atoms with van der Waals surface area (Å²) in [5.74, 6) is -2.14. The van der Waals surface area contributed by atoms with Gasteiger partial charge >= 0.3 is 11.9 Å². The normalized spacial score (nSPS) is 15.6. The number of nitrogens with zero attached hydrogens (tertiary/aromatic N) is 1. The summed E-state index contributed by atoms with van der Waals surface area (Å²) < 4.78 is 10.3. The molecule has 1 fully saturated rings. The van der Waals surface area contributed by atoms with Gasteiger partial charge in [-0.1, -0.05) is 35.3 Å². The standard InChI is InChI=1S/C22H17Cl2NO7S/c1-11(21(29)31-2)25-19(26)17(33-22(25)30)9-13-7-15(23)18(16(24)8-13)32-10-12-3-5-14(6-4-12)20(27)28/h3-9,11H,10H2,1-2H3,(H,27,28)/b17-9+/t11-/m0/s1. The van der Waals surface area contributed by atoms with E-state index in [4.69, 9.17) is 33.0 Å². The molecule has 1 aliphatic rings. The second-order valence-corrected chi connectivity index (χ2v) is 8.66. The molecule has 172 valence electrons. The summed E-state index contributed by atoms with van der Waals surface area (Å²) in [5, 5.41) is 8.73. The molecule has 8 nitrogen and oxygen atoms in total. The molecule has 11 heteroatoms. The Balaban J connectivity index is 1.76. The minimum atomic E-state index is -1.05. The van der Waals surface area contributed by atoms with E-state index in [-0.39, 0.29) is 32.9 Å². The number of amides is 2. The van der Waals surface area contributed by atoms with E-state index in [1.54, 1.807) is 12.1 Å². The first-order valence-corrected chi connectivity index (χ1v) is 11.0. The van der Waals surface area contributed by atoms with Crippen LogP contribution in [-0.2, 0) is 20.9 Å². The van der Waals surface area contributed by atoms with Crippen LogP contribution in [0.3, 0.4) is 0 Å². The molecule has 0 unspecified atom stereocenters. The fraction of sp³-hybridized carbons (Fsp3) is 0.182. The van der Waals surface area contributed by atoms with Crippen LogP contribution in [-0.4, -0.2) is 46.2 Å². The molecular formula is C22H17Cl2NO7S. The summed E-state index contributed by atoms with van der Waals surface area (Å²) in [6, 6.07) is 8.14. The van der Waals surface area contributed by atoms with E-state index in [9.17, 15) is 19.2 Å². The number of carboxylic acids is 1. The van der Waals surface area contributed by atoms with Gasteiger partial charge in [-0.25, -0.2) is 9.59 Å². The molecule has 0 saturated carbocycles. The first-order valence-electron chi connectivity index (χ1n) is 9.41. The van der Waals surface area contributed by atoms with Crippen LogP contribution in [0.4, 0.5) is 4.79 Å². The number of hydrogen-bond acceptors (Lipinski definition) is 7. The number of benzene rings is 2. The molecule has 1 heterocycles. The molecule has 1 atom stereocenters. The summed E-state index contributed by atoms with van der Waals surface area (Å²) in [7, 11) is 1.17. The topological polar surface area (TPSA) is 110 Å². The van der Waals surface area contributed by atoms with Crippen molar-refractivity contribution in [2.45, 2.75) is 19.6 Å². The number of esters is 1. The average molecular weight is 510 g/mol. The Morgan fingerprint density at radius 2 is 1.76 bits per heavy atom. The van der Waals surface area contributed by atoms with Gasteiger partial charge in [0.05, 0.1) is 27.6 Å². The summed E-state index contributed by atoms with van der Waals surface area (Å²) in [4.78, 5) is 48.4. The van der Waals surface area contributed by atoms with E-state index in [0.29, 0.717) is 22.9 Å². The van der Waals surface area contributed by atoms with Crippen LogP contribution < -0.4 is 4.74 Å². The highest BCUT2D eigenvalue weighted by Crippen LogP contribution is 2.38. The van der Waals surface area contributed by atoms with Crippen molar-refractivity contribution in [1.82, 2.24) is 4.90 Å². The van der Waals surface area contributed by atoms with Crippen molar-refractivity contribution < 1.29 is 33.8 Å². The van der Waals surface area contributed by atoms with Gasteiger partial charge in [0, 0.05) is 0 Å². The molecule has 1 saturated heterocycles. The highest BCUT2D eigenvalue weighted by Gasteiger charge is 2.41. The molecule has 0 aromatic heterocycles. The number of carboxylic acid groups (broad SMARTS) is 1. The largest absolute Gasteiger partial charge is 0.486 e. The zero-order valence-electron chi connectivity index (χ0n) is 17.3. The van der Waals surface area contributed by atoms with Gasteiger partial charge in [0.25, 0.3) is 11.1 Å². The van der Waals surface area contributed by atoms with Crippen LogP contribution in [0.25, 0.3) is 6.08 Å². The van der Waals surface area contributed by atoms with Crippen molar-refractivity contribution in [3.05, 3.63) is 68.0 Å². The van der Waals surface area contributed by atoms with Gasteiger partial charge in [-0.15, -0.1) is 0 Å². The first-order chi connectivity index (χ1) is 15.6. The smallest absolute Gasteiger partial charge is 0.335 e. The third kappa shape index (κ3) is 5.50. The van der Waals surface area contributed by atoms with E-state index < -0.39 is 29.1 Å². The molecule has 3 rings (SSSR count). The molecule has 1 N–H and O–H groups in total. The number of rotatable bonds is 7. The van der Waals surface area contributed by atoms with Crippen LogP contribution >= 0.6 is 35.0 Å². The van der Waals surface area contributed by atoms with Crippen molar-refractivity contribution >= 4 is 64.1 Å². The fourth-order valence-corrected chi connectivity index (χ4v) is 4.46. The molecule has 0 bridgehead atoms. The number of thioether (sulfide) groups is 1. The molecule has 1 aliphatic heterocycles. The zero-order valence-corrected chi connectivity index (χ0v) is 19.7. The number of aromatic carboxylic acids is 1. The van der Waals surface area contributed by atoms with E-state index in [0.717, 1.165) is 4.90 Å². The fourth-order valence-electron chi connectivity index (χ4n) is 2.94. The number of carbonyl (C=O) groups is 4. The first kappa shape index (κ1) is 24.6. The molecule has 0 aliphatic carbocycles. The van der Waals surface area contributed by atoms with Crippen LogP contribution in [0, 0.1) is 0 Å². The highest BCUT2D eigenvalue weighted by atomic mass is 35.5. The molecular weight excluding hydrogens is 493 g/mol. The van der Waals surface area contributed by atoms with Gasteiger partial charge in [-0.3, -0.25) is 14.5 Å². The lowest BCUT2D eigenvalue weighted by atomic mass is 10.1. The van der Waals surface area contributed by atoms with Gasteiger partial charge < -0.3 is 14.6 Å². The Bertz CT molecular complexity index is 1140. The predicted octanol–water partition coefficient (Wildman–Crippen LogP) is 4.87. The predicted molar refractivity (Wildman–Crippen MR) is 123 cm³/mol. The molecule has 0 radical (unpaired) electrons. The van der Waals surface area contributed by atoms with Crippen LogP contribution in [0.1, 0.15) is 28.4 Å². The van der Waals surface area contributed by atoms with Crippen molar-refractivity contribution in [3.8, 4) is 5.75 Å². The lowest BCUT2D eigenvalue weighted by molar-refractivity contribution is -0.148. The average Bonchev–Trinajstić information content (AvgIpc) is 3.05. The Morgan fingerprint density at radius 3 is 2.30 bits per heavy atom. The number of carbonyl (C=O) groups excluding carboxylic acids is 3. The Hall–Kier alpha value is -3.01. The Morgan fingerprint density at radius 1 is 1.15 bits per heavy atom. The van der Waals surface area contributed by atoms with E-state index in [1.165, 1.54) is 44.4 Å². The Kier molecular flexibility index (Phi) is 7.68. The molecule has 2 amide bonds. The second kappa shape index (κ2) is 10.3. The maximum absolute atomic E-state index is 12.6. The SMILES string of the molecule is COC(=O)[C@H](C)N1C(=O)S/C(=C/c2cc(Cl)c(OCc3ccc(C(=O)O)cc3)c(Cl)c2)C1=O. The van der Waals surface area contributed by atoms with Gasteiger partial charge in [0.15, 0.2) is 5.75 Å². The molecule has 0 spiro atoms. The van der Waals surface area contributed by atoms with E-state index in [1.807, 2.05) is 0 Å². The van der Waals surface area contributed by atoms with Gasteiger partial charge in [-0.05, 0) is 60.2 Å². The van der Waals surface area contributed by atoms with Crippen molar-refractivity contribution in [1.29, 1.82) is 0 Å². The minimum absolute atomic E-state index is 0.100. The monoisotopic (exact) mass is 509 g/mol.